The number of benzene rings is 1. The van der Waals surface area contributed by atoms with Crippen LogP contribution in [0.1, 0.15) is 0 Å². The van der Waals surface area contributed by atoms with E-state index in [1.165, 1.54) is 0 Å². The molecular formula is C10H10N4O3. The van der Waals surface area contributed by atoms with E-state index in [2.05, 4.69) is 9.68 Å². The molecule has 1 heterocycles. The Morgan fingerprint density at radius 3 is 2.76 bits per heavy atom. The Bertz CT molecular complexity index is 573. The van der Waals surface area contributed by atoms with Gasteiger partial charge in [-0.05, 0) is 0 Å². The van der Waals surface area contributed by atoms with Crippen molar-refractivity contribution in [2.45, 2.75) is 6.54 Å². The van der Waals surface area contributed by atoms with Crippen LogP contribution in [0.3, 0.4) is 0 Å². The largest absolute Gasteiger partial charge is 0.442 e. The van der Waals surface area contributed by atoms with Gasteiger partial charge in [0.1, 0.15) is 6.54 Å². The summed E-state index contributed by atoms with van der Waals surface area (Å²) in [6.07, 6.45) is 0. The number of aromatic nitrogens is 2. The van der Waals surface area contributed by atoms with E-state index in [1.54, 1.807) is 24.3 Å². The van der Waals surface area contributed by atoms with Crippen LogP contribution < -0.4 is 17.0 Å². The van der Waals surface area contributed by atoms with Gasteiger partial charge >= 0.3 is 5.76 Å². The van der Waals surface area contributed by atoms with E-state index in [0.29, 0.717) is 11.4 Å². The molecule has 0 fully saturated rings. The standard InChI is InChI=1S/C10H10N4O3/c11-12-8(15)6-14-9(13-17-10(14)16)7-4-2-1-3-5-7/h1-5H,6,11H2,(H,12,15). The summed E-state index contributed by atoms with van der Waals surface area (Å²) in [5, 5.41) is 3.63. The summed E-state index contributed by atoms with van der Waals surface area (Å²) < 4.78 is 5.64. The summed E-state index contributed by atoms with van der Waals surface area (Å²) in [5.41, 5.74) is 2.62. The van der Waals surface area contributed by atoms with E-state index in [4.69, 9.17) is 5.84 Å². The van der Waals surface area contributed by atoms with Gasteiger partial charge in [-0.15, -0.1) is 0 Å². The van der Waals surface area contributed by atoms with Gasteiger partial charge in [-0.2, -0.15) is 0 Å². The molecule has 2 rings (SSSR count). The Morgan fingerprint density at radius 2 is 2.12 bits per heavy atom. The molecule has 3 N–H and O–H groups in total. The zero-order chi connectivity index (χ0) is 12.3. The maximum atomic E-state index is 11.4. The first-order valence-electron chi connectivity index (χ1n) is 4.83. The number of carbonyl (C=O) groups is 1. The Morgan fingerprint density at radius 1 is 1.41 bits per heavy atom. The Balaban J connectivity index is 2.43. The number of nitrogens with zero attached hydrogens (tertiary/aromatic N) is 2. The third kappa shape index (κ3) is 2.23. The predicted molar refractivity (Wildman–Crippen MR) is 58.5 cm³/mol. The average molecular weight is 234 g/mol. The number of hydrazine groups is 1. The molecule has 0 bridgehead atoms. The van der Waals surface area contributed by atoms with Crippen molar-refractivity contribution in [3.05, 3.63) is 40.9 Å². The minimum Gasteiger partial charge on any atom is -0.295 e. The average Bonchev–Trinajstić information content (AvgIpc) is 2.72. The Kier molecular flexibility index (Phi) is 3.01. The molecule has 2 aromatic rings. The highest BCUT2D eigenvalue weighted by molar-refractivity contribution is 5.75. The van der Waals surface area contributed by atoms with Crippen molar-refractivity contribution >= 4 is 5.91 Å². The molecule has 7 heteroatoms. The summed E-state index contributed by atoms with van der Waals surface area (Å²) >= 11 is 0. The quantitative estimate of drug-likeness (QED) is 0.423. The second-order valence-corrected chi connectivity index (χ2v) is 3.29. The SMILES string of the molecule is NNC(=O)Cn1c(-c2ccccc2)noc1=O. The first-order valence-corrected chi connectivity index (χ1v) is 4.83. The molecule has 88 valence electrons. The number of hydrogen-bond donors (Lipinski definition) is 2. The summed E-state index contributed by atoms with van der Waals surface area (Å²) in [6.45, 7) is -0.233. The molecule has 0 unspecified atom stereocenters. The van der Waals surface area contributed by atoms with Crippen molar-refractivity contribution in [2.75, 3.05) is 0 Å². The maximum absolute atomic E-state index is 11.4. The summed E-state index contributed by atoms with van der Waals surface area (Å²) in [5.74, 6) is 4.04. The van der Waals surface area contributed by atoms with E-state index in [9.17, 15) is 9.59 Å². The van der Waals surface area contributed by atoms with Crippen molar-refractivity contribution in [2.24, 2.45) is 5.84 Å². The van der Waals surface area contributed by atoms with Crippen molar-refractivity contribution in [3.63, 3.8) is 0 Å². The van der Waals surface area contributed by atoms with Gasteiger partial charge in [0, 0.05) is 5.56 Å². The topological polar surface area (TPSA) is 103 Å². The lowest BCUT2D eigenvalue weighted by Crippen LogP contribution is -2.35. The number of nitrogens with two attached hydrogens (primary N) is 1. The third-order valence-corrected chi connectivity index (χ3v) is 2.18. The molecule has 1 aromatic heterocycles. The second kappa shape index (κ2) is 4.62. The highest BCUT2D eigenvalue weighted by Crippen LogP contribution is 2.14. The highest BCUT2D eigenvalue weighted by Gasteiger charge is 2.14. The van der Waals surface area contributed by atoms with Gasteiger partial charge in [0.05, 0.1) is 0 Å². The molecule has 0 aliphatic carbocycles. The van der Waals surface area contributed by atoms with E-state index in [0.717, 1.165) is 4.57 Å². The zero-order valence-corrected chi connectivity index (χ0v) is 8.79. The lowest BCUT2D eigenvalue weighted by Gasteiger charge is -2.02. The number of hydrogen-bond acceptors (Lipinski definition) is 5. The van der Waals surface area contributed by atoms with E-state index in [1.807, 2.05) is 11.5 Å². The van der Waals surface area contributed by atoms with Crippen molar-refractivity contribution in [1.29, 1.82) is 0 Å². The van der Waals surface area contributed by atoms with Gasteiger partial charge in [0.15, 0.2) is 5.82 Å². The van der Waals surface area contributed by atoms with Crippen molar-refractivity contribution < 1.29 is 9.32 Å². The lowest BCUT2D eigenvalue weighted by atomic mass is 10.2. The summed E-state index contributed by atoms with van der Waals surface area (Å²) in [6, 6.07) is 8.94. The van der Waals surface area contributed by atoms with E-state index >= 15 is 0 Å². The number of nitrogens with one attached hydrogen (secondary N) is 1. The summed E-state index contributed by atoms with van der Waals surface area (Å²) in [7, 11) is 0. The molecule has 0 aliphatic rings. The number of amides is 1. The zero-order valence-electron chi connectivity index (χ0n) is 8.79. The van der Waals surface area contributed by atoms with Gasteiger partial charge in [-0.1, -0.05) is 35.5 Å². The predicted octanol–water partition coefficient (Wildman–Crippen LogP) is -0.507. The van der Waals surface area contributed by atoms with Gasteiger partial charge < -0.3 is 0 Å². The highest BCUT2D eigenvalue weighted by atomic mass is 16.5. The van der Waals surface area contributed by atoms with Crippen LogP contribution in [0, 0.1) is 0 Å². The number of carbonyl (C=O) groups excluding carboxylic acids is 1. The molecule has 1 amide bonds. The molecule has 0 radical (unpaired) electrons. The van der Waals surface area contributed by atoms with Crippen molar-refractivity contribution in [1.82, 2.24) is 15.1 Å². The van der Waals surface area contributed by atoms with Gasteiger partial charge in [0.2, 0.25) is 0 Å². The monoisotopic (exact) mass is 234 g/mol. The lowest BCUT2D eigenvalue weighted by molar-refractivity contribution is -0.121. The third-order valence-electron chi connectivity index (χ3n) is 2.18. The molecular weight excluding hydrogens is 224 g/mol. The molecule has 1 aromatic carbocycles. The Labute approximate surface area is 95.8 Å². The van der Waals surface area contributed by atoms with Crippen LogP contribution in [0.5, 0.6) is 0 Å². The van der Waals surface area contributed by atoms with Crippen LogP contribution in [-0.2, 0) is 11.3 Å². The summed E-state index contributed by atoms with van der Waals surface area (Å²) in [4.78, 5) is 22.5. The fourth-order valence-corrected chi connectivity index (χ4v) is 1.39. The van der Waals surface area contributed by atoms with Crippen molar-refractivity contribution in [3.8, 4) is 11.4 Å². The molecule has 7 nitrogen and oxygen atoms in total. The van der Waals surface area contributed by atoms with Crippen LogP contribution in [0.15, 0.2) is 39.6 Å². The van der Waals surface area contributed by atoms with Crippen LogP contribution in [0.4, 0.5) is 0 Å². The molecule has 17 heavy (non-hydrogen) atoms. The van der Waals surface area contributed by atoms with Gasteiger partial charge in [-0.3, -0.25) is 14.7 Å². The second-order valence-electron chi connectivity index (χ2n) is 3.29. The van der Waals surface area contributed by atoms with Crippen LogP contribution in [0.2, 0.25) is 0 Å². The fraction of sp³-hybridized carbons (Fsp3) is 0.100. The molecule has 0 aliphatic heterocycles. The van der Waals surface area contributed by atoms with Crippen LogP contribution >= 0.6 is 0 Å². The molecule has 0 saturated heterocycles. The van der Waals surface area contributed by atoms with Gasteiger partial charge in [-0.25, -0.2) is 15.2 Å². The fourth-order valence-electron chi connectivity index (χ4n) is 1.39. The van der Waals surface area contributed by atoms with Crippen LogP contribution in [-0.4, -0.2) is 15.6 Å². The van der Waals surface area contributed by atoms with Crippen LogP contribution in [0.25, 0.3) is 11.4 Å². The minimum absolute atomic E-state index is 0.233. The van der Waals surface area contributed by atoms with Gasteiger partial charge in [0.25, 0.3) is 5.91 Å². The normalized spacial score (nSPS) is 10.2. The smallest absolute Gasteiger partial charge is 0.295 e. The molecule has 0 atom stereocenters. The van der Waals surface area contributed by atoms with E-state index < -0.39 is 11.7 Å². The number of rotatable bonds is 3. The first-order chi connectivity index (χ1) is 8.22. The first kappa shape index (κ1) is 11.1. The minimum atomic E-state index is -0.701. The molecule has 0 spiro atoms. The maximum Gasteiger partial charge on any atom is 0.442 e. The Hall–Kier alpha value is -2.41. The van der Waals surface area contributed by atoms with E-state index in [-0.39, 0.29) is 6.54 Å². The molecule has 0 saturated carbocycles.